The molecule has 0 aliphatic heterocycles. The number of hydrogen-bond donors (Lipinski definition) is 2. The minimum atomic E-state index is -0.772. The first-order chi connectivity index (χ1) is 13.0. The lowest BCUT2D eigenvalue weighted by atomic mass is 10.0. The second-order valence-corrected chi connectivity index (χ2v) is 8.30. The predicted octanol–water partition coefficient (Wildman–Crippen LogP) is 3.56. The van der Waals surface area contributed by atoms with E-state index in [2.05, 4.69) is 22.0 Å². The molecule has 2 N–H and O–H groups in total. The summed E-state index contributed by atoms with van der Waals surface area (Å²) in [5.41, 5.74) is -1.23. The summed E-state index contributed by atoms with van der Waals surface area (Å²) in [4.78, 5) is 24.7. The highest BCUT2D eigenvalue weighted by atomic mass is 127. The van der Waals surface area contributed by atoms with Crippen molar-refractivity contribution in [2.75, 3.05) is 0 Å². The zero-order valence-corrected chi connectivity index (χ0v) is 16.8. The van der Waals surface area contributed by atoms with Crippen molar-refractivity contribution < 1.29 is 19.0 Å². The van der Waals surface area contributed by atoms with Crippen molar-refractivity contribution in [1.82, 2.24) is 0 Å². The van der Waals surface area contributed by atoms with Crippen molar-refractivity contribution in [3.8, 4) is 11.5 Å². The van der Waals surface area contributed by atoms with E-state index in [1.54, 1.807) is 36.4 Å². The third-order valence-corrected chi connectivity index (χ3v) is 6.71. The lowest BCUT2D eigenvalue weighted by Gasteiger charge is -2.09. The van der Waals surface area contributed by atoms with Crippen LogP contribution in [0.4, 0.5) is 0 Å². The number of benzene rings is 2. The number of rotatable bonds is 3. The zero-order chi connectivity index (χ0) is 19.1. The molecular weight excluding hydrogens is 482 g/mol. The Kier molecular flexibility index (Phi) is 4.65. The van der Waals surface area contributed by atoms with E-state index in [-0.39, 0.29) is 40.2 Å². The SMILES string of the molecule is O=c1oc2ccccc2c(O)c1Cc1c(O)c2ccc(PI)cc2oc1=O. The number of halogens is 1. The molecule has 27 heavy (non-hydrogen) atoms. The summed E-state index contributed by atoms with van der Waals surface area (Å²) >= 11 is 2.21. The molecular formula is C19H12IO6P. The Morgan fingerprint density at radius 3 is 2.11 bits per heavy atom. The molecule has 136 valence electrons. The zero-order valence-electron chi connectivity index (χ0n) is 13.7. The fraction of sp³-hybridized carbons (Fsp3) is 0.0526. The monoisotopic (exact) mass is 494 g/mol. The van der Waals surface area contributed by atoms with Gasteiger partial charge >= 0.3 is 11.3 Å². The van der Waals surface area contributed by atoms with E-state index in [4.69, 9.17) is 8.83 Å². The molecule has 2 aromatic carbocycles. The van der Waals surface area contributed by atoms with Gasteiger partial charge in [-0.15, -0.1) is 0 Å². The van der Waals surface area contributed by atoms with Crippen LogP contribution in [-0.2, 0) is 6.42 Å². The van der Waals surface area contributed by atoms with Gasteiger partial charge in [0.1, 0.15) is 22.7 Å². The van der Waals surface area contributed by atoms with Crippen LogP contribution in [0.5, 0.6) is 11.5 Å². The van der Waals surface area contributed by atoms with Crippen LogP contribution in [0.3, 0.4) is 0 Å². The van der Waals surface area contributed by atoms with Gasteiger partial charge in [0.15, 0.2) is 0 Å². The average molecular weight is 494 g/mol. The van der Waals surface area contributed by atoms with Crippen molar-refractivity contribution >= 4 is 55.5 Å². The van der Waals surface area contributed by atoms with E-state index in [0.717, 1.165) is 5.30 Å². The van der Waals surface area contributed by atoms with Gasteiger partial charge < -0.3 is 19.0 Å². The number of aromatic hydroxyl groups is 2. The minimum Gasteiger partial charge on any atom is -0.507 e. The molecule has 0 radical (unpaired) electrons. The Morgan fingerprint density at radius 2 is 1.44 bits per heavy atom. The Morgan fingerprint density at radius 1 is 0.852 bits per heavy atom. The summed E-state index contributed by atoms with van der Waals surface area (Å²) in [6.07, 6.45) is 0.182. The molecule has 4 rings (SSSR count). The summed E-state index contributed by atoms with van der Waals surface area (Å²) in [5, 5.41) is 22.8. The van der Waals surface area contributed by atoms with E-state index in [9.17, 15) is 19.8 Å². The van der Waals surface area contributed by atoms with E-state index in [1.165, 1.54) is 0 Å². The molecule has 0 aliphatic rings. The van der Waals surface area contributed by atoms with E-state index in [1.807, 2.05) is 6.07 Å². The van der Waals surface area contributed by atoms with Crippen LogP contribution in [-0.4, -0.2) is 10.2 Å². The Bertz CT molecular complexity index is 1310. The Balaban J connectivity index is 1.91. The van der Waals surface area contributed by atoms with Gasteiger partial charge in [-0.3, -0.25) is 0 Å². The van der Waals surface area contributed by atoms with Crippen LogP contribution in [0.25, 0.3) is 21.9 Å². The highest BCUT2D eigenvalue weighted by Crippen LogP contribution is 2.32. The van der Waals surface area contributed by atoms with Crippen molar-refractivity contribution in [3.05, 3.63) is 74.4 Å². The molecule has 2 heterocycles. The third-order valence-electron chi connectivity index (χ3n) is 4.31. The first-order valence-corrected chi connectivity index (χ1v) is 12.0. The fourth-order valence-corrected chi connectivity index (χ4v) is 4.28. The highest BCUT2D eigenvalue weighted by molar-refractivity contribution is 14.2. The summed E-state index contributed by atoms with van der Waals surface area (Å²) in [6, 6.07) is 11.7. The smallest absolute Gasteiger partial charge is 0.343 e. The molecule has 0 bridgehead atoms. The molecule has 8 heteroatoms. The van der Waals surface area contributed by atoms with Crippen molar-refractivity contribution in [3.63, 3.8) is 0 Å². The topological polar surface area (TPSA) is 101 Å². The second kappa shape index (κ2) is 6.98. The Hall–Kier alpha value is -2.38. The minimum absolute atomic E-state index is 0.106. The van der Waals surface area contributed by atoms with Gasteiger partial charge in [-0.25, -0.2) is 9.59 Å². The first-order valence-electron chi connectivity index (χ1n) is 7.88. The standard InChI is InChI=1S/C19H12IO6P/c20-27-9-5-6-11-15(7-9)26-19(24)13(17(11)22)8-12-16(21)10-3-1-2-4-14(10)25-18(12)23/h1-7,21-22,27H,8H2. The number of fused-ring (bicyclic) bond motifs is 2. The molecule has 0 saturated carbocycles. The van der Waals surface area contributed by atoms with Crippen LogP contribution in [0.1, 0.15) is 11.1 Å². The fourth-order valence-electron chi connectivity index (χ4n) is 2.94. The van der Waals surface area contributed by atoms with Crippen LogP contribution < -0.4 is 16.6 Å². The molecule has 1 unspecified atom stereocenters. The third kappa shape index (κ3) is 3.11. The first kappa shape index (κ1) is 18.0. The molecule has 0 amide bonds. The largest absolute Gasteiger partial charge is 0.507 e. The number of hydrogen-bond acceptors (Lipinski definition) is 6. The molecule has 0 fully saturated rings. The van der Waals surface area contributed by atoms with Gasteiger partial charge in [-0.1, -0.05) is 40.2 Å². The number of para-hydroxylation sites is 1. The molecule has 2 aromatic heterocycles. The van der Waals surface area contributed by atoms with Gasteiger partial charge in [0, 0.05) is 6.42 Å². The van der Waals surface area contributed by atoms with Gasteiger partial charge in [0.2, 0.25) is 0 Å². The lowest BCUT2D eigenvalue weighted by Crippen LogP contribution is -2.14. The second-order valence-electron chi connectivity index (χ2n) is 5.91. The van der Waals surface area contributed by atoms with Gasteiger partial charge in [-0.05, 0) is 35.8 Å². The highest BCUT2D eigenvalue weighted by Gasteiger charge is 2.20. The van der Waals surface area contributed by atoms with E-state index < -0.39 is 11.3 Å². The van der Waals surface area contributed by atoms with Crippen LogP contribution >= 0.6 is 28.3 Å². The molecule has 0 saturated heterocycles. The summed E-state index contributed by atoms with van der Waals surface area (Å²) in [7, 11) is 0. The quantitative estimate of drug-likeness (QED) is 0.257. The summed E-state index contributed by atoms with van der Waals surface area (Å²) < 4.78 is 10.5. The van der Waals surface area contributed by atoms with Crippen LogP contribution in [0, 0.1) is 0 Å². The molecule has 1 atom stereocenters. The van der Waals surface area contributed by atoms with Crippen molar-refractivity contribution in [1.29, 1.82) is 0 Å². The van der Waals surface area contributed by atoms with E-state index in [0.29, 0.717) is 17.0 Å². The maximum Gasteiger partial charge on any atom is 0.343 e. The molecule has 6 nitrogen and oxygen atoms in total. The molecule has 0 aliphatic carbocycles. The molecule has 4 aromatic rings. The van der Waals surface area contributed by atoms with Crippen molar-refractivity contribution in [2.24, 2.45) is 0 Å². The summed E-state index contributed by atoms with van der Waals surface area (Å²) in [6.45, 7) is 0. The summed E-state index contributed by atoms with van der Waals surface area (Å²) in [5.74, 6) is -0.543. The maximum absolute atomic E-state index is 12.4. The van der Waals surface area contributed by atoms with Gasteiger partial charge in [0.05, 0.1) is 21.9 Å². The average Bonchev–Trinajstić information content (AvgIpc) is 2.66. The van der Waals surface area contributed by atoms with Gasteiger partial charge in [0.25, 0.3) is 0 Å². The lowest BCUT2D eigenvalue weighted by molar-refractivity contribution is 0.448. The van der Waals surface area contributed by atoms with Crippen LogP contribution in [0.15, 0.2) is 60.9 Å². The van der Waals surface area contributed by atoms with E-state index >= 15 is 0 Å². The van der Waals surface area contributed by atoms with Gasteiger partial charge in [-0.2, -0.15) is 0 Å². The van der Waals surface area contributed by atoms with Crippen LogP contribution in [0.2, 0.25) is 0 Å². The maximum atomic E-state index is 12.4. The van der Waals surface area contributed by atoms with Crippen molar-refractivity contribution in [2.45, 2.75) is 6.42 Å². The normalized spacial score (nSPS) is 11.7. The predicted molar refractivity (Wildman–Crippen MR) is 113 cm³/mol. The molecule has 0 spiro atoms. The Labute approximate surface area is 166 Å².